The Bertz CT molecular complexity index is 318. The van der Waals surface area contributed by atoms with Crippen LogP contribution in [0.5, 0.6) is 0 Å². The van der Waals surface area contributed by atoms with Gasteiger partial charge in [0.05, 0.1) is 12.2 Å². The molecule has 0 N–H and O–H groups in total. The van der Waals surface area contributed by atoms with Crippen molar-refractivity contribution in [3.8, 4) is 0 Å². The van der Waals surface area contributed by atoms with Crippen LogP contribution < -0.4 is 0 Å². The SMILES string of the molecule is COCc1cc(C)ccc1C(F)(F)F. The third-order valence-electron chi connectivity index (χ3n) is 1.87. The lowest BCUT2D eigenvalue weighted by Gasteiger charge is -2.12. The minimum Gasteiger partial charge on any atom is -0.380 e. The summed E-state index contributed by atoms with van der Waals surface area (Å²) in [6.07, 6.45) is -4.30. The van der Waals surface area contributed by atoms with Crippen molar-refractivity contribution in [2.24, 2.45) is 0 Å². The first-order valence-electron chi connectivity index (χ1n) is 4.11. The zero-order chi connectivity index (χ0) is 10.8. The summed E-state index contributed by atoms with van der Waals surface area (Å²) < 4.78 is 42.1. The lowest BCUT2D eigenvalue weighted by Crippen LogP contribution is -2.09. The maximum absolute atomic E-state index is 12.4. The van der Waals surface area contributed by atoms with Crippen molar-refractivity contribution >= 4 is 0 Å². The number of benzene rings is 1. The summed E-state index contributed by atoms with van der Waals surface area (Å²) in [6, 6.07) is 4.03. The molecule has 0 heterocycles. The monoisotopic (exact) mass is 204 g/mol. The van der Waals surface area contributed by atoms with E-state index in [0.717, 1.165) is 11.6 Å². The van der Waals surface area contributed by atoms with Gasteiger partial charge in [-0.3, -0.25) is 0 Å². The molecule has 78 valence electrons. The van der Waals surface area contributed by atoms with Gasteiger partial charge in [-0.25, -0.2) is 0 Å². The average molecular weight is 204 g/mol. The summed E-state index contributed by atoms with van der Waals surface area (Å²) in [7, 11) is 1.38. The largest absolute Gasteiger partial charge is 0.416 e. The summed E-state index contributed by atoms with van der Waals surface area (Å²) in [4.78, 5) is 0. The highest BCUT2D eigenvalue weighted by atomic mass is 19.4. The Balaban J connectivity index is 3.15. The summed E-state index contributed by atoms with van der Waals surface area (Å²) >= 11 is 0. The topological polar surface area (TPSA) is 9.23 Å². The number of ether oxygens (including phenoxy) is 1. The predicted molar refractivity (Wildman–Crippen MR) is 46.9 cm³/mol. The zero-order valence-electron chi connectivity index (χ0n) is 7.98. The highest BCUT2D eigenvalue weighted by Crippen LogP contribution is 2.32. The van der Waals surface area contributed by atoms with Crippen molar-refractivity contribution in [3.63, 3.8) is 0 Å². The van der Waals surface area contributed by atoms with E-state index in [1.54, 1.807) is 6.92 Å². The Kier molecular flexibility index (Phi) is 3.16. The molecule has 0 aliphatic heterocycles. The van der Waals surface area contributed by atoms with Gasteiger partial charge in [0.1, 0.15) is 0 Å². The molecule has 0 aliphatic carbocycles. The first kappa shape index (κ1) is 11.0. The van der Waals surface area contributed by atoms with Crippen LogP contribution >= 0.6 is 0 Å². The molecule has 4 heteroatoms. The van der Waals surface area contributed by atoms with E-state index in [0.29, 0.717) is 0 Å². The van der Waals surface area contributed by atoms with Crippen LogP contribution in [0.3, 0.4) is 0 Å². The van der Waals surface area contributed by atoms with Crippen LogP contribution in [0.25, 0.3) is 0 Å². The fourth-order valence-corrected chi connectivity index (χ4v) is 1.27. The molecular formula is C10H11F3O. The molecule has 0 saturated heterocycles. The summed E-state index contributed by atoms with van der Waals surface area (Å²) in [5, 5.41) is 0. The van der Waals surface area contributed by atoms with E-state index in [9.17, 15) is 13.2 Å². The van der Waals surface area contributed by atoms with Gasteiger partial charge in [-0.05, 0) is 18.6 Å². The molecule has 0 saturated carbocycles. The number of aryl methyl sites for hydroxylation is 1. The normalized spacial score (nSPS) is 11.8. The second kappa shape index (κ2) is 4.00. The lowest BCUT2D eigenvalue weighted by molar-refractivity contribution is -0.138. The van der Waals surface area contributed by atoms with E-state index in [1.165, 1.54) is 19.2 Å². The van der Waals surface area contributed by atoms with E-state index in [4.69, 9.17) is 4.74 Å². The van der Waals surface area contributed by atoms with Crippen LogP contribution in [0.4, 0.5) is 13.2 Å². The van der Waals surface area contributed by atoms with Crippen LogP contribution in [0.1, 0.15) is 16.7 Å². The van der Waals surface area contributed by atoms with Crippen molar-refractivity contribution in [1.29, 1.82) is 0 Å². The third-order valence-corrected chi connectivity index (χ3v) is 1.87. The van der Waals surface area contributed by atoms with Crippen molar-refractivity contribution in [2.45, 2.75) is 19.7 Å². The Morgan fingerprint density at radius 3 is 2.43 bits per heavy atom. The Hall–Kier alpha value is -1.03. The molecule has 0 atom stereocenters. The van der Waals surface area contributed by atoms with Gasteiger partial charge in [0.2, 0.25) is 0 Å². The second-order valence-electron chi connectivity index (χ2n) is 3.09. The Morgan fingerprint density at radius 1 is 1.29 bits per heavy atom. The van der Waals surface area contributed by atoms with Crippen LogP contribution in [-0.2, 0) is 17.5 Å². The zero-order valence-corrected chi connectivity index (χ0v) is 7.98. The van der Waals surface area contributed by atoms with E-state index in [-0.39, 0.29) is 12.2 Å². The number of halogens is 3. The standard InChI is InChI=1S/C10H11F3O/c1-7-3-4-9(10(11,12)13)8(5-7)6-14-2/h3-5H,6H2,1-2H3. The van der Waals surface area contributed by atoms with Gasteiger partial charge in [0.15, 0.2) is 0 Å². The smallest absolute Gasteiger partial charge is 0.380 e. The first-order chi connectivity index (χ1) is 6.45. The Morgan fingerprint density at radius 2 is 1.93 bits per heavy atom. The summed E-state index contributed by atoms with van der Waals surface area (Å²) in [6.45, 7) is 1.73. The molecule has 1 nitrogen and oxygen atoms in total. The number of methoxy groups -OCH3 is 1. The molecule has 1 aromatic carbocycles. The van der Waals surface area contributed by atoms with Gasteiger partial charge in [-0.15, -0.1) is 0 Å². The van der Waals surface area contributed by atoms with Gasteiger partial charge in [-0.1, -0.05) is 17.7 Å². The van der Waals surface area contributed by atoms with E-state index in [2.05, 4.69) is 0 Å². The highest BCUT2D eigenvalue weighted by molar-refractivity contribution is 5.33. The minimum absolute atomic E-state index is 0.0173. The van der Waals surface area contributed by atoms with Gasteiger partial charge in [-0.2, -0.15) is 13.2 Å². The molecule has 0 spiro atoms. The molecule has 0 unspecified atom stereocenters. The summed E-state index contributed by atoms with van der Waals surface area (Å²) in [5.41, 5.74) is 0.356. The Labute approximate surface area is 80.5 Å². The van der Waals surface area contributed by atoms with E-state index < -0.39 is 11.7 Å². The molecular weight excluding hydrogens is 193 g/mol. The predicted octanol–water partition coefficient (Wildman–Crippen LogP) is 3.16. The number of hydrogen-bond donors (Lipinski definition) is 0. The number of alkyl halides is 3. The molecule has 0 aliphatic rings. The maximum Gasteiger partial charge on any atom is 0.416 e. The van der Waals surface area contributed by atoms with Gasteiger partial charge in [0, 0.05) is 7.11 Å². The molecule has 0 aromatic heterocycles. The van der Waals surface area contributed by atoms with Gasteiger partial charge in [0.25, 0.3) is 0 Å². The van der Waals surface area contributed by atoms with E-state index >= 15 is 0 Å². The van der Waals surface area contributed by atoms with E-state index in [1.807, 2.05) is 0 Å². The molecule has 0 amide bonds. The molecule has 0 radical (unpaired) electrons. The van der Waals surface area contributed by atoms with Crippen molar-refractivity contribution in [3.05, 3.63) is 34.9 Å². The third kappa shape index (κ3) is 2.48. The molecule has 0 fully saturated rings. The van der Waals surface area contributed by atoms with Crippen LogP contribution in [0, 0.1) is 6.92 Å². The lowest BCUT2D eigenvalue weighted by atomic mass is 10.0. The maximum atomic E-state index is 12.4. The molecule has 0 bridgehead atoms. The first-order valence-corrected chi connectivity index (χ1v) is 4.11. The molecule has 1 aromatic rings. The minimum atomic E-state index is -4.30. The second-order valence-corrected chi connectivity index (χ2v) is 3.09. The van der Waals surface area contributed by atoms with Crippen LogP contribution in [0.2, 0.25) is 0 Å². The van der Waals surface area contributed by atoms with Crippen LogP contribution in [-0.4, -0.2) is 7.11 Å². The van der Waals surface area contributed by atoms with Gasteiger partial charge >= 0.3 is 6.18 Å². The average Bonchev–Trinajstić information content (AvgIpc) is 2.02. The quantitative estimate of drug-likeness (QED) is 0.719. The fourth-order valence-electron chi connectivity index (χ4n) is 1.27. The summed E-state index contributed by atoms with van der Waals surface area (Å²) in [5.74, 6) is 0. The van der Waals surface area contributed by atoms with Crippen molar-refractivity contribution in [1.82, 2.24) is 0 Å². The highest BCUT2D eigenvalue weighted by Gasteiger charge is 2.32. The van der Waals surface area contributed by atoms with Crippen molar-refractivity contribution < 1.29 is 17.9 Å². The number of rotatable bonds is 2. The van der Waals surface area contributed by atoms with Crippen molar-refractivity contribution in [2.75, 3.05) is 7.11 Å². The van der Waals surface area contributed by atoms with Crippen LogP contribution in [0.15, 0.2) is 18.2 Å². The fraction of sp³-hybridized carbons (Fsp3) is 0.400. The number of hydrogen-bond acceptors (Lipinski definition) is 1. The molecule has 14 heavy (non-hydrogen) atoms. The molecule has 1 rings (SSSR count). The van der Waals surface area contributed by atoms with Gasteiger partial charge < -0.3 is 4.74 Å².